The molecule has 3 aromatic carbocycles. The highest BCUT2D eigenvalue weighted by molar-refractivity contribution is 5.88. The van der Waals surface area contributed by atoms with Crippen LogP contribution in [0.4, 0.5) is 4.39 Å². The van der Waals surface area contributed by atoms with Crippen LogP contribution in [0.25, 0.3) is 0 Å². The topological polar surface area (TPSA) is 58.6 Å². The SMILES string of the molecule is CC[C@H](C)NC(=O)[C@@H](Cc1ccccc1)N(Cc1ccc(F)cc1)C(=O)COc1ccc(C(C)C)cc1. The summed E-state index contributed by atoms with van der Waals surface area (Å²) in [5.41, 5.74) is 2.85. The van der Waals surface area contributed by atoms with E-state index < -0.39 is 6.04 Å². The van der Waals surface area contributed by atoms with E-state index in [1.807, 2.05) is 68.4 Å². The van der Waals surface area contributed by atoms with Crippen LogP contribution in [0.15, 0.2) is 78.9 Å². The van der Waals surface area contributed by atoms with Gasteiger partial charge < -0.3 is 15.0 Å². The van der Waals surface area contributed by atoms with Gasteiger partial charge in [-0.3, -0.25) is 9.59 Å². The van der Waals surface area contributed by atoms with Crippen LogP contribution < -0.4 is 10.1 Å². The van der Waals surface area contributed by atoms with Crippen molar-refractivity contribution < 1.29 is 18.7 Å². The van der Waals surface area contributed by atoms with Crippen molar-refractivity contribution >= 4 is 11.8 Å². The number of halogens is 1. The molecule has 3 rings (SSSR count). The molecule has 3 aromatic rings. The van der Waals surface area contributed by atoms with Gasteiger partial charge in [-0.15, -0.1) is 0 Å². The first kappa shape index (κ1) is 27.9. The largest absolute Gasteiger partial charge is 0.484 e. The molecule has 1 N–H and O–H groups in total. The third-order valence-electron chi connectivity index (χ3n) is 6.45. The lowest BCUT2D eigenvalue weighted by molar-refractivity contribution is -0.143. The number of ether oxygens (including phenoxy) is 1. The van der Waals surface area contributed by atoms with E-state index >= 15 is 0 Å². The Bertz CT molecular complexity index is 1130. The average molecular weight is 505 g/mol. The maximum absolute atomic E-state index is 13.6. The second kappa shape index (κ2) is 13.6. The third kappa shape index (κ3) is 8.45. The molecule has 0 saturated carbocycles. The summed E-state index contributed by atoms with van der Waals surface area (Å²) in [5, 5.41) is 3.04. The highest BCUT2D eigenvalue weighted by atomic mass is 19.1. The first-order chi connectivity index (χ1) is 17.8. The summed E-state index contributed by atoms with van der Waals surface area (Å²) >= 11 is 0. The van der Waals surface area contributed by atoms with Crippen molar-refractivity contribution in [3.05, 3.63) is 101 Å². The van der Waals surface area contributed by atoms with Crippen LogP contribution in [-0.2, 0) is 22.6 Å². The molecule has 0 heterocycles. The van der Waals surface area contributed by atoms with E-state index in [0.717, 1.165) is 17.5 Å². The minimum atomic E-state index is -0.763. The normalized spacial score (nSPS) is 12.6. The summed E-state index contributed by atoms with van der Waals surface area (Å²) in [5.74, 6) is 0.0744. The van der Waals surface area contributed by atoms with Gasteiger partial charge in [0.25, 0.3) is 5.91 Å². The number of carbonyl (C=O) groups is 2. The molecule has 37 heavy (non-hydrogen) atoms. The lowest BCUT2D eigenvalue weighted by Gasteiger charge is -2.32. The summed E-state index contributed by atoms with van der Waals surface area (Å²) in [6, 6.07) is 22.5. The van der Waals surface area contributed by atoms with Crippen molar-refractivity contribution in [1.29, 1.82) is 0 Å². The molecule has 0 aromatic heterocycles. The first-order valence-corrected chi connectivity index (χ1v) is 12.9. The van der Waals surface area contributed by atoms with Gasteiger partial charge >= 0.3 is 0 Å². The molecule has 0 spiro atoms. The zero-order valence-corrected chi connectivity index (χ0v) is 22.1. The Balaban J connectivity index is 1.88. The smallest absolute Gasteiger partial charge is 0.261 e. The van der Waals surface area contributed by atoms with Gasteiger partial charge in [0.15, 0.2) is 6.61 Å². The van der Waals surface area contributed by atoms with Crippen molar-refractivity contribution in [2.75, 3.05) is 6.61 Å². The summed E-state index contributed by atoms with van der Waals surface area (Å²) in [6.07, 6.45) is 1.12. The van der Waals surface area contributed by atoms with Crippen LogP contribution in [0.5, 0.6) is 5.75 Å². The number of rotatable bonds is 12. The Morgan fingerprint density at radius 1 is 0.892 bits per heavy atom. The average Bonchev–Trinajstić information content (AvgIpc) is 2.91. The van der Waals surface area contributed by atoms with Gasteiger partial charge in [-0.05, 0) is 60.2 Å². The predicted octanol–water partition coefficient (Wildman–Crippen LogP) is 5.88. The molecule has 0 unspecified atom stereocenters. The molecule has 196 valence electrons. The minimum absolute atomic E-state index is 0.0377. The lowest BCUT2D eigenvalue weighted by Crippen LogP contribution is -2.53. The van der Waals surface area contributed by atoms with Gasteiger partial charge in [0.1, 0.15) is 17.6 Å². The molecule has 0 fully saturated rings. The Hall–Kier alpha value is -3.67. The van der Waals surface area contributed by atoms with Gasteiger partial charge in [-0.25, -0.2) is 4.39 Å². The van der Waals surface area contributed by atoms with Crippen LogP contribution in [0.3, 0.4) is 0 Å². The molecular weight excluding hydrogens is 467 g/mol. The molecule has 0 aliphatic carbocycles. The number of hydrogen-bond acceptors (Lipinski definition) is 3. The van der Waals surface area contributed by atoms with E-state index in [1.54, 1.807) is 17.0 Å². The van der Waals surface area contributed by atoms with E-state index in [9.17, 15) is 14.0 Å². The first-order valence-electron chi connectivity index (χ1n) is 12.9. The monoisotopic (exact) mass is 504 g/mol. The van der Waals surface area contributed by atoms with E-state index in [0.29, 0.717) is 18.1 Å². The van der Waals surface area contributed by atoms with E-state index in [2.05, 4.69) is 19.2 Å². The Morgan fingerprint density at radius 3 is 2.14 bits per heavy atom. The molecule has 2 amide bonds. The fourth-order valence-electron chi connectivity index (χ4n) is 3.96. The van der Waals surface area contributed by atoms with Crippen molar-refractivity contribution in [3.8, 4) is 5.75 Å². The molecule has 0 aliphatic rings. The molecule has 0 saturated heterocycles. The molecule has 0 radical (unpaired) electrons. The summed E-state index contributed by atoms with van der Waals surface area (Å²) in [7, 11) is 0. The Kier molecular flexibility index (Phi) is 10.2. The molecule has 0 bridgehead atoms. The summed E-state index contributed by atoms with van der Waals surface area (Å²) < 4.78 is 19.4. The van der Waals surface area contributed by atoms with Crippen molar-refractivity contribution in [2.24, 2.45) is 0 Å². The van der Waals surface area contributed by atoms with E-state index in [1.165, 1.54) is 17.7 Å². The second-order valence-electron chi connectivity index (χ2n) is 9.68. The van der Waals surface area contributed by atoms with Gasteiger partial charge in [0, 0.05) is 19.0 Å². The number of benzene rings is 3. The van der Waals surface area contributed by atoms with Crippen LogP contribution in [0, 0.1) is 5.82 Å². The van der Waals surface area contributed by atoms with Gasteiger partial charge in [0.2, 0.25) is 5.91 Å². The maximum atomic E-state index is 13.6. The zero-order valence-electron chi connectivity index (χ0n) is 22.1. The number of hydrogen-bond donors (Lipinski definition) is 1. The Labute approximate surface area is 219 Å². The third-order valence-corrected chi connectivity index (χ3v) is 6.45. The zero-order chi connectivity index (χ0) is 26.8. The number of carbonyl (C=O) groups excluding carboxylic acids is 2. The predicted molar refractivity (Wildman–Crippen MR) is 145 cm³/mol. The molecule has 6 heteroatoms. The number of nitrogens with zero attached hydrogens (tertiary/aromatic N) is 1. The van der Waals surface area contributed by atoms with Crippen LogP contribution in [0.1, 0.15) is 56.7 Å². The molecule has 5 nitrogen and oxygen atoms in total. The van der Waals surface area contributed by atoms with Crippen molar-refractivity contribution in [2.45, 2.75) is 65.1 Å². The maximum Gasteiger partial charge on any atom is 0.261 e. The summed E-state index contributed by atoms with van der Waals surface area (Å²) in [6.45, 7) is 8.10. The van der Waals surface area contributed by atoms with Crippen molar-refractivity contribution in [1.82, 2.24) is 10.2 Å². The van der Waals surface area contributed by atoms with Crippen LogP contribution in [0.2, 0.25) is 0 Å². The van der Waals surface area contributed by atoms with E-state index in [4.69, 9.17) is 4.74 Å². The fourth-order valence-corrected chi connectivity index (χ4v) is 3.96. The standard InChI is InChI=1S/C31H37FN2O3/c1-5-23(4)33-31(36)29(19-24-9-7-6-8-10-24)34(20-25-11-15-27(32)16-12-25)30(35)21-37-28-17-13-26(14-18-28)22(2)3/h6-18,22-23,29H,5,19-21H2,1-4H3,(H,33,36)/t23-,29+/m0/s1. The number of amides is 2. The van der Waals surface area contributed by atoms with Gasteiger partial charge in [0.05, 0.1) is 0 Å². The lowest BCUT2D eigenvalue weighted by atomic mass is 10.0. The molecule has 2 atom stereocenters. The van der Waals surface area contributed by atoms with E-state index in [-0.39, 0.29) is 36.8 Å². The molecular formula is C31H37FN2O3. The highest BCUT2D eigenvalue weighted by Crippen LogP contribution is 2.20. The molecule has 0 aliphatic heterocycles. The fraction of sp³-hybridized carbons (Fsp3) is 0.355. The second-order valence-corrected chi connectivity index (χ2v) is 9.68. The van der Waals surface area contributed by atoms with Crippen LogP contribution >= 0.6 is 0 Å². The highest BCUT2D eigenvalue weighted by Gasteiger charge is 2.31. The quantitative estimate of drug-likeness (QED) is 0.335. The van der Waals surface area contributed by atoms with Crippen molar-refractivity contribution in [3.63, 3.8) is 0 Å². The minimum Gasteiger partial charge on any atom is -0.484 e. The van der Waals surface area contributed by atoms with Crippen LogP contribution in [-0.4, -0.2) is 35.4 Å². The van der Waals surface area contributed by atoms with Gasteiger partial charge in [-0.1, -0.05) is 75.4 Å². The number of nitrogens with one attached hydrogen (secondary N) is 1. The van der Waals surface area contributed by atoms with Gasteiger partial charge in [-0.2, -0.15) is 0 Å². The summed E-state index contributed by atoms with van der Waals surface area (Å²) in [4.78, 5) is 28.6. The Morgan fingerprint density at radius 2 is 1.54 bits per heavy atom.